The second-order valence-electron chi connectivity index (χ2n) is 11.7. The number of methoxy groups -OCH3 is 1. The van der Waals surface area contributed by atoms with Crippen molar-refractivity contribution < 1.29 is 32.3 Å². The zero-order chi connectivity index (χ0) is 34.9. The quantitative estimate of drug-likeness (QED) is 0.296. The number of hydrogen-bond acceptors (Lipinski definition) is 8. The molecule has 2 N–H and O–H groups in total. The Kier molecular flexibility index (Phi) is 9.61. The topological polar surface area (TPSA) is 140 Å². The standard InChI is InChI=1S/C32H33ClF3N9O4/c1-42-25(23-18-45(41-27(23)32(34,35)36)21-4-6-26(49-2)38-16-21)17-39-28(42)29(46)40-20-3-5-22(24(33)15-20)31(48)44-13-11-43(12-14-44)30(47)19-7-9-37-10-8-19/h3-6,15-19,37H,7-14H2,1-2H3,(H,40,46). The molecule has 17 heteroatoms. The van der Waals surface area contributed by atoms with Gasteiger partial charge in [-0.05, 0) is 50.2 Å². The number of amides is 3. The first-order valence-electron chi connectivity index (χ1n) is 15.5. The zero-order valence-electron chi connectivity index (χ0n) is 26.6. The molecule has 0 radical (unpaired) electrons. The van der Waals surface area contributed by atoms with Crippen molar-refractivity contribution in [2.45, 2.75) is 19.0 Å². The van der Waals surface area contributed by atoms with Gasteiger partial charge < -0.3 is 29.7 Å². The molecule has 0 saturated carbocycles. The third-order valence-corrected chi connectivity index (χ3v) is 8.98. The number of pyridine rings is 1. The summed E-state index contributed by atoms with van der Waals surface area (Å²) in [5.74, 6) is -0.746. The van der Waals surface area contributed by atoms with Crippen molar-refractivity contribution in [2.24, 2.45) is 13.0 Å². The van der Waals surface area contributed by atoms with Crippen LogP contribution in [0, 0.1) is 5.92 Å². The highest BCUT2D eigenvalue weighted by Crippen LogP contribution is 2.37. The Balaban J connectivity index is 1.13. The second-order valence-corrected chi connectivity index (χ2v) is 12.1. The fourth-order valence-corrected chi connectivity index (χ4v) is 6.24. The van der Waals surface area contributed by atoms with Gasteiger partial charge in [0.25, 0.3) is 11.8 Å². The van der Waals surface area contributed by atoms with Gasteiger partial charge in [-0.25, -0.2) is 14.6 Å². The van der Waals surface area contributed by atoms with Gasteiger partial charge in [-0.15, -0.1) is 0 Å². The van der Waals surface area contributed by atoms with Gasteiger partial charge in [0.1, 0.15) is 0 Å². The van der Waals surface area contributed by atoms with Crippen molar-refractivity contribution in [1.82, 2.24) is 39.4 Å². The van der Waals surface area contributed by atoms with E-state index in [-0.39, 0.29) is 62.7 Å². The second kappa shape index (κ2) is 13.9. The first-order chi connectivity index (χ1) is 23.4. The third kappa shape index (κ3) is 7.10. The van der Waals surface area contributed by atoms with E-state index >= 15 is 0 Å². The molecule has 258 valence electrons. The van der Waals surface area contributed by atoms with Crippen LogP contribution in [0.5, 0.6) is 5.88 Å². The number of piperidine rings is 1. The number of nitrogens with one attached hydrogen (secondary N) is 2. The van der Waals surface area contributed by atoms with Crippen LogP contribution in [0.1, 0.15) is 39.5 Å². The van der Waals surface area contributed by atoms with Crippen molar-refractivity contribution in [2.75, 3.05) is 51.7 Å². The summed E-state index contributed by atoms with van der Waals surface area (Å²) in [6, 6.07) is 7.42. The highest BCUT2D eigenvalue weighted by atomic mass is 35.5. The summed E-state index contributed by atoms with van der Waals surface area (Å²) in [6.07, 6.45) is 0.485. The van der Waals surface area contributed by atoms with E-state index in [2.05, 4.69) is 25.7 Å². The van der Waals surface area contributed by atoms with Crippen molar-refractivity contribution >= 4 is 35.0 Å². The van der Waals surface area contributed by atoms with Crippen LogP contribution in [0.15, 0.2) is 48.9 Å². The largest absolute Gasteiger partial charge is 0.481 e. The number of hydrogen-bond donors (Lipinski definition) is 2. The SMILES string of the molecule is COc1ccc(-n2cc(-c3cnc(C(=O)Nc4ccc(C(=O)N5CCN(C(=O)C6CCNCC6)CC5)c(Cl)c4)n3C)c(C(F)(F)F)n2)cn1. The average molecular weight is 700 g/mol. The lowest BCUT2D eigenvalue weighted by molar-refractivity contribution is -0.141. The summed E-state index contributed by atoms with van der Waals surface area (Å²) in [5.41, 5.74) is -0.701. The molecule has 13 nitrogen and oxygen atoms in total. The van der Waals surface area contributed by atoms with Crippen LogP contribution in [0.4, 0.5) is 18.9 Å². The van der Waals surface area contributed by atoms with Crippen LogP contribution in [-0.4, -0.2) is 98.2 Å². The molecule has 5 heterocycles. The molecule has 49 heavy (non-hydrogen) atoms. The average Bonchev–Trinajstić information content (AvgIpc) is 3.72. The molecule has 3 amide bonds. The summed E-state index contributed by atoms with van der Waals surface area (Å²) in [5, 5.41) is 9.75. The zero-order valence-corrected chi connectivity index (χ0v) is 27.4. The van der Waals surface area contributed by atoms with E-state index in [0.29, 0.717) is 26.2 Å². The number of rotatable bonds is 7. The smallest absolute Gasteiger partial charge is 0.435 e. The van der Waals surface area contributed by atoms with E-state index in [1.165, 1.54) is 61.5 Å². The number of carbonyl (C=O) groups is 3. The summed E-state index contributed by atoms with van der Waals surface area (Å²) < 4.78 is 49.4. The highest BCUT2D eigenvalue weighted by Gasteiger charge is 2.39. The van der Waals surface area contributed by atoms with E-state index in [9.17, 15) is 27.6 Å². The fraction of sp³-hybridized carbons (Fsp3) is 0.375. The highest BCUT2D eigenvalue weighted by molar-refractivity contribution is 6.34. The van der Waals surface area contributed by atoms with E-state index in [0.717, 1.165) is 36.8 Å². The van der Waals surface area contributed by atoms with Gasteiger partial charge >= 0.3 is 6.18 Å². The maximum absolute atomic E-state index is 14.1. The Morgan fingerprint density at radius 1 is 1.00 bits per heavy atom. The lowest BCUT2D eigenvalue weighted by Gasteiger charge is -2.37. The van der Waals surface area contributed by atoms with Crippen LogP contribution < -0.4 is 15.4 Å². The molecule has 2 saturated heterocycles. The summed E-state index contributed by atoms with van der Waals surface area (Å²) in [6.45, 7) is 3.28. The molecule has 6 rings (SSSR count). The lowest BCUT2D eigenvalue weighted by atomic mass is 9.96. The van der Waals surface area contributed by atoms with Gasteiger partial charge in [0.15, 0.2) is 11.5 Å². The minimum atomic E-state index is -4.80. The Morgan fingerprint density at radius 3 is 2.35 bits per heavy atom. The van der Waals surface area contributed by atoms with Gasteiger partial charge in [0.2, 0.25) is 11.8 Å². The van der Waals surface area contributed by atoms with Gasteiger partial charge in [-0.2, -0.15) is 18.3 Å². The Labute approximate surface area is 284 Å². The van der Waals surface area contributed by atoms with Crippen molar-refractivity contribution in [3.63, 3.8) is 0 Å². The van der Waals surface area contributed by atoms with Gasteiger partial charge in [0.05, 0.1) is 47.0 Å². The van der Waals surface area contributed by atoms with Crippen molar-refractivity contribution in [3.8, 4) is 22.8 Å². The molecule has 1 aromatic carbocycles. The number of carbonyl (C=O) groups excluding carboxylic acids is 3. The normalized spacial score (nSPS) is 15.7. The Morgan fingerprint density at radius 2 is 1.71 bits per heavy atom. The molecule has 0 atom stereocenters. The molecule has 3 aromatic heterocycles. The molecule has 4 aromatic rings. The number of halogens is 4. The number of alkyl halides is 3. The molecule has 0 aliphatic carbocycles. The predicted molar refractivity (Wildman–Crippen MR) is 173 cm³/mol. The summed E-state index contributed by atoms with van der Waals surface area (Å²) in [4.78, 5) is 51.0. The fourth-order valence-electron chi connectivity index (χ4n) is 5.98. The van der Waals surface area contributed by atoms with E-state index in [1.54, 1.807) is 4.90 Å². The van der Waals surface area contributed by atoms with E-state index in [4.69, 9.17) is 16.3 Å². The lowest BCUT2D eigenvalue weighted by Crippen LogP contribution is -2.52. The number of piperazine rings is 1. The molecule has 2 aliphatic heterocycles. The molecule has 2 aliphatic rings. The van der Waals surface area contributed by atoms with Crippen molar-refractivity contribution in [1.29, 1.82) is 0 Å². The number of ether oxygens (including phenoxy) is 1. The number of aromatic nitrogens is 5. The minimum absolute atomic E-state index is 0.00159. The Hall–Kier alpha value is -4.96. The monoisotopic (exact) mass is 699 g/mol. The van der Waals surface area contributed by atoms with Crippen LogP contribution in [0.3, 0.4) is 0 Å². The number of benzene rings is 1. The first-order valence-corrected chi connectivity index (χ1v) is 15.9. The van der Waals surface area contributed by atoms with Gasteiger partial charge in [-0.3, -0.25) is 14.4 Å². The van der Waals surface area contributed by atoms with E-state index in [1.807, 2.05) is 4.90 Å². The van der Waals surface area contributed by atoms with Crippen molar-refractivity contribution in [3.05, 3.63) is 71.0 Å². The van der Waals surface area contributed by atoms with Crippen LogP contribution in [0.25, 0.3) is 16.9 Å². The summed E-state index contributed by atoms with van der Waals surface area (Å²) in [7, 11) is 2.83. The summed E-state index contributed by atoms with van der Waals surface area (Å²) >= 11 is 6.48. The number of nitrogens with zero attached hydrogens (tertiary/aromatic N) is 7. The minimum Gasteiger partial charge on any atom is -0.481 e. The molecule has 2 fully saturated rings. The first kappa shape index (κ1) is 33.9. The Bertz CT molecular complexity index is 1860. The van der Waals surface area contributed by atoms with E-state index < -0.39 is 17.8 Å². The number of imidazole rings is 1. The molecular formula is C32H33ClF3N9O4. The molecule has 0 unspecified atom stereocenters. The van der Waals surface area contributed by atoms with Gasteiger partial charge in [-0.1, -0.05) is 11.6 Å². The maximum atomic E-state index is 14.1. The molecule has 0 bridgehead atoms. The maximum Gasteiger partial charge on any atom is 0.435 e. The molecular weight excluding hydrogens is 667 g/mol. The molecule has 0 spiro atoms. The van der Waals surface area contributed by atoms with Gasteiger partial charge in [0, 0.05) is 57.1 Å². The number of anilines is 1. The predicted octanol–water partition coefficient (Wildman–Crippen LogP) is 3.88. The van der Waals surface area contributed by atoms with Crippen LogP contribution >= 0.6 is 11.6 Å². The third-order valence-electron chi connectivity index (χ3n) is 8.67. The van der Waals surface area contributed by atoms with Crippen LogP contribution in [-0.2, 0) is 18.0 Å². The van der Waals surface area contributed by atoms with Crippen LogP contribution in [0.2, 0.25) is 5.02 Å².